The molecule has 0 saturated carbocycles. The van der Waals surface area contributed by atoms with E-state index in [0.29, 0.717) is 5.56 Å². The average molecular weight is 219 g/mol. The second-order valence-electron chi connectivity index (χ2n) is 3.63. The molecule has 0 radical (unpaired) electrons. The van der Waals surface area contributed by atoms with Gasteiger partial charge in [-0.3, -0.25) is 4.79 Å². The van der Waals surface area contributed by atoms with Gasteiger partial charge in [0.25, 0.3) is 5.91 Å². The van der Waals surface area contributed by atoms with Crippen LogP contribution in [0.3, 0.4) is 0 Å². The van der Waals surface area contributed by atoms with Crippen molar-refractivity contribution in [3.8, 4) is 0 Å². The van der Waals surface area contributed by atoms with Crippen LogP contribution in [-0.2, 0) is 0 Å². The highest BCUT2D eigenvalue weighted by Crippen LogP contribution is 2.15. The van der Waals surface area contributed by atoms with Gasteiger partial charge in [0.2, 0.25) is 0 Å². The molecule has 1 N–H and O–H groups in total. The minimum absolute atomic E-state index is 0.0331. The molecule has 2 rings (SSSR count). The molecule has 0 aromatic heterocycles. The van der Waals surface area contributed by atoms with E-state index in [0.717, 1.165) is 17.7 Å². The molecule has 0 saturated heterocycles. The van der Waals surface area contributed by atoms with Crippen LogP contribution in [0.5, 0.6) is 0 Å². The highest BCUT2D eigenvalue weighted by molar-refractivity contribution is 7.80. The van der Waals surface area contributed by atoms with Crippen LogP contribution in [0.4, 0.5) is 0 Å². The molecule has 1 aromatic carbocycles. The van der Waals surface area contributed by atoms with E-state index in [1.165, 1.54) is 0 Å². The minimum Gasteiger partial charge on any atom is -0.349 e. The van der Waals surface area contributed by atoms with E-state index in [-0.39, 0.29) is 11.9 Å². The van der Waals surface area contributed by atoms with Gasteiger partial charge < -0.3 is 5.32 Å². The summed E-state index contributed by atoms with van der Waals surface area (Å²) < 4.78 is 0. The number of hydrogen-bond acceptors (Lipinski definition) is 2. The molecular formula is C12H13NOS. The lowest BCUT2D eigenvalue weighted by Gasteiger charge is -2.12. The van der Waals surface area contributed by atoms with Crippen LogP contribution in [0.2, 0.25) is 0 Å². The summed E-state index contributed by atoms with van der Waals surface area (Å²) in [5.41, 5.74) is 0.646. The Morgan fingerprint density at radius 3 is 2.60 bits per heavy atom. The number of amides is 1. The summed E-state index contributed by atoms with van der Waals surface area (Å²) in [6.45, 7) is 0. The normalized spacial score (nSPS) is 15.5. The Balaban J connectivity index is 2.05. The summed E-state index contributed by atoms with van der Waals surface area (Å²) >= 11 is 4.26. The Hall–Kier alpha value is -1.22. The summed E-state index contributed by atoms with van der Waals surface area (Å²) in [7, 11) is 0. The number of carbonyl (C=O) groups is 1. The topological polar surface area (TPSA) is 29.1 Å². The fourth-order valence-electron chi connectivity index (χ4n) is 1.66. The summed E-state index contributed by atoms with van der Waals surface area (Å²) in [6, 6.07) is 7.59. The van der Waals surface area contributed by atoms with E-state index in [2.05, 4.69) is 30.1 Å². The maximum Gasteiger partial charge on any atom is 0.252 e. The Kier molecular flexibility index (Phi) is 3.11. The standard InChI is InChI=1S/C12H13NOS/c14-12(13-9-5-1-2-6-9)10-7-3-4-8-11(10)15/h1-4,7-9,15H,5-6H2,(H,13,14). The summed E-state index contributed by atoms with van der Waals surface area (Å²) in [6.07, 6.45) is 6.05. The van der Waals surface area contributed by atoms with Crippen molar-refractivity contribution >= 4 is 18.5 Å². The van der Waals surface area contributed by atoms with E-state index in [1.54, 1.807) is 6.07 Å². The Morgan fingerprint density at radius 1 is 1.27 bits per heavy atom. The Morgan fingerprint density at radius 2 is 1.93 bits per heavy atom. The Bertz CT molecular complexity index is 392. The summed E-state index contributed by atoms with van der Waals surface area (Å²) in [5, 5.41) is 2.99. The van der Waals surface area contributed by atoms with E-state index >= 15 is 0 Å². The molecule has 1 amide bonds. The largest absolute Gasteiger partial charge is 0.349 e. The van der Waals surface area contributed by atoms with Crippen molar-refractivity contribution in [2.75, 3.05) is 0 Å². The first-order valence-corrected chi connectivity index (χ1v) is 5.46. The van der Waals surface area contributed by atoms with Crippen molar-refractivity contribution in [2.45, 2.75) is 23.8 Å². The van der Waals surface area contributed by atoms with Crippen molar-refractivity contribution in [1.29, 1.82) is 0 Å². The van der Waals surface area contributed by atoms with Gasteiger partial charge in [-0.05, 0) is 25.0 Å². The number of hydrogen-bond donors (Lipinski definition) is 2. The third-order valence-corrected chi connectivity index (χ3v) is 2.88. The van der Waals surface area contributed by atoms with Crippen molar-refractivity contribution in [3.05, 3.63) is 42.0 Å². The number of carbonyl (C=O) groups excluding carboxylic acids is 1. The third-order valence-electron chi connectivity index (χ3n) is 2.49. The van der Waals surface area contributed by atoms with Gasteiger partial charge in [0.05, 0.1) is 5.56 Å². The number of benzene rings is 1. The molecule has 1 aliphatic rings. The lowest BCUT2D eigenvalue weighted by molar-refractivity contribution is 0.0936. The van der Waals surface area contributed by atoms with Gasteiger partial charge in [0.1, 0.15) is 0 Å². The van der Waals surface area contributed by atoms with Crippen LogP contribution in [0.25, 0.3) is 0 Å². The first kappa shape index (κ1) is 10.3. The van der Waals surface area contributed by atoms with E-state index in [4.69, 9.17) is 0 Å². The Labute approximate surface area is 94.8 Å². The fourth-order valence-corrected chi connectivity index (χ4v) is 1.93. The predicted octanol–water partition coefficient (Wildman–Crippen LogP) is 2.42. The van der Waals surface area contributed by atoms with Gasteiger partial charge in [0, 0.05) is 10.9 Å². The van der Waals surface area contributed by atoms with E-state index in [1.807, 2.05) is 18.2 Å². The van der Waals surface area contributed by atoms with E-state index in [9.17, 15) is 4.79 Å². The molecular weight excluding hydrogens is 206 g/mol. The van der Waals surface area contributed by atoms with Gasteiger partial charge in [-0.2, -0.15) is 0 Å². The van der Waals surface area contributed by atoms with Crippen LogP contribution in [0, 0.1) is 0 Å². The molecule has 3 heteroatoms. The molecule has 15 heavy (non-hydrogen) atoms. The van der Waals surface area contributed by atoms with Crippen LogP contribution < -0.4 is 5.32 Å². The second kappa shape index (κ2) is 4.53. The first-order valence-electron chi connectivity index (χ1n) is 5.01. The number of thiol groups is 1. The van der Waals surface area contributed by atoms with Gasteiger partial charge in [0.15, 0.2) is 0 Å². The molecule has 2 nitrogen and oxygen atoms in total. The van der Waals surface area contributed by atoms with Crippen molar-refractivity contribution in [3.63, 3.8) is 0 Å². The monoisotopic (exact) mass is 219 g/mol. The quantitative estimate of drug-likeness (QED) is 0.580. The number of rotatable bonds is 2. The van der Waals surface area contributed by atoms with Gasteiger partial charge in [-0.15, -0.1) is 12.6 Å². The smallest absolute Gasteiger partial charge is 0.252 e. The molecule has 0 atom stereocenters. The maximum atomic E-state index is 11.8. The minimum atomic E-state index is -0.0331. The SMILES string of the molecule is O=C(NC1CC=CC1)c1ccccc1S. The fraction of sp³-hybridized carbons (Fsp3) is 0.250. The first-order chi connectivity index (χ1) is 7.27. The molecule has 0 heterocycles. The van der Waals surface area contributed by atoms with Crippen LogP contribution >= 0.6 is 12.6 Å². The predicted molar refractivity (Wildman–Crippen MR) is 63.3 cm³/mol. The summed E-state index contributed by atoms with van der Waals surface area (Å²) in [4.78, 5) is 12.6. The average Bonchev–Trinajstić information content (AvgIpc) is 2.71. The molecule has 0 spiro atoms. The molecule has 0 unspecified atom stereocenters. The zero-order chi connectivity index (χ0) is 10.7. The van der Waals surface area contributed by atoms with Gasteiger partial charge >= 0.3 is 0 Å². The zero-order valence-electron chi connectivity index (χ0n) is 8.31. The molecule has 1 aromatic rings. The van der Waals surface area contributed by atoms with E-state index < -0.39 is 0 Å². The third kappa shape index (κ3) is 2.42. The second-order valence-corrected chi connectivity index (χ2v) is 4.11. The van der Waals surface area contributed by atoms with Gasteiger partial charge in [-0.1, -0.05) is 24.3 Å². The highest BCUT2D eigenvalue weighted by atomic mass is 32.1. The van der Waals surface area contributed by atoms with Crippen LogP contribution in [-0.4, -0.2) is 11.9 Å². The van der Waals surface area contributed by atoms with Crippen LogP contribution in [0.15, 0.2) is 41.3 Å². The molecule has 1 aliphatic carbocycles. The summed E-state index contributed by atoms with van der Waals surface area (Å²) in [5.74, 6) is -0.0331. The maximum absolute atomic E-state index is 11.8. The highest BCUT2D eigenvalue weighted by Gasteiger charge is 2.15. The van der Waals surface area contributed by atoms with Crippen molar-refractivity contribution in [2.24, 2.45) is 0 Å². The zero-order valence-corrected chi connectivity index (χ0v) is 9.21. The number of nitrogens with one attached hydrogen (secondary N) is 1. The molecule has 0 bridgehead atoms. The molecule has 78 valence electrons. The molecule has 0 aliphatic heterocycles. The molecule has 0 fully saturated rings. The lowest BCUT2D eigenvalue weighted by atomic mass is 10.1. The lowest BCUT2D eigenvalue weighted by Crippen LogP contribution is -2.33. The van der Waals surface area contributed by atoms with Crippen LogP contribution in [0.1, 0.15) is 23.2 Å². The van der Waals surface area contributed by atoms with Crippen molar-refractivity contribution < 1.29 is 4.79 Å². The van der Waals surface area contributed by atoms with Gasteiger partial charge in [-0.25, -0.2) is 0 Å². The van der Waals surface area contributed by atoms with Crippen molar-refractivity contribution in [1.82, 2.24) is 5.32 Å².